The van der Waals surface area contributed by atoms with Gasteiger partial charge in [0.05, 0.1) is 5.69 Å². The molecule has 3 aromatic rings. The number of nitrogens with zero attached hydrogens (tertiary/aromatic N) is 2. The van der Waals surface area contributed by atoms with Crippen LogP contribution in [0, 0.1) is 6.92 Å². The minimum Gasteiger partial charge on any atom is -0.335 e. The molecule has 3 rings (SSSR count). The fourth-order valence-electron chi connectivity index (χ4n) is 3.05. The van der Waals surface area contributed by atoms with Crippen molar-refractivity contribution in [2.75, 3.05) is 13.1 Å². The van der Waals surface area contributed by atoms with Gasteiger partial charge >= 0.3 is 5.69 Å². The second-order valence-corrected chi connectivity index (χ2v) is 6.39. The number of H-pyrrole nitrogens is 1. The van der Waals surface area contributed by atoms with E-state index in [-0.39, 0.29) is 11.6 Å². The smallest absolute Gasteiger partial charge is 0.330 e. The maximum absolute atomic E-state index is 12.9. The van der Waals surface area contributed by atoms with Crippen LogP contribution in [0.2, 0.25) is 0 Å². The normalized spacial score (nSPS) is 10.6. The number of rotatable bonds is 7. The molecule has 1 aromatic heterocycles. The fourth-order valence-corrected chi connectivity index (χ4v) is 3.05. The Bertz CT molecular complexity index is 969. The van der Waals surface area contributed by atoms with E-state index in [1.165, 1.54) is 5.56 Å². The van der Waals surface area contributed by atoms with Crippen molar-refractivity contribution in [2.24, 2.45) is 0 Å². The Morgan fingerprint density at radius 1 is 1.15 bits per heavy atom. The van der Waals surface area contributed by atoms with Crippen molar-refractivity contribution in [1.82, 2.24) is 14.5 Å². The van der Waals surface area contributed by atoms with Crippen molar-refractivity contribution in [3.05, 3.63) is 101 Å². The molecule has 1 amide bonds. The lowest BCUT2D eigenvalue weighted by molar-refractivity contribution is 0.0775. The van der Waals surface area contributed by atoms with Gasteiger partial charge in [0.2, 0.25) is 0 Å². The van der Waals surface area contributed by atoms with E-state index >= 15 is 0 Å². The first-order chi connectivity index (χ1) is 13.1. The molecule has 0 aliphatic carbocycles. The van der Waals surface area contributed by atoms with E-state index in [0.29, 0.717) is 18.7 Å². The number of carbonyl (C=O) groups excluding carboxylic acids is 1. The number of aryl methyl sites for hydroxylation is 1. The summed E-state index contributed by atoms with van der Waals surface area (Å²) in [6.45, 7) is 6.72. The number of aromatic amines is 1. The zero-order valence-corrected chi connectivity index (χ0v) is 15.4. The van der Waals surface area contributed by atoms with Crippen LogP contribution in [-0.2, 0) is 6.42 Å². The Kier molecular flexibility index (Phi) is 5.71. The van der Waals surface area contributed by atoms with E-state index in [0.717, 1.165) is 17.8 Å². The Labute approximate surface area is 158 Å². The monoisotopic (exact) mass is 361 g/mol. The zero-order valence-electron chi connectivity index (χ0n) is 15.4. The average molecular weight is 361 g/mol. The van der Waals surface area contributed by atoms with Crippen LogP contribution in [0.25, 0.3) is 5.69 Å². The lowest BCUT2D eigenvalue weighted by Gasteiger charge is -2.21. The summed E-state index contributed by atoms with van der Waals surface area (Å²) in [7, 11) is 0. The van der Waals surface area contributed by atoms with Crippen molar-refractivity contribution in [3.63, 3.8) is 0 Å². The summed E-state index contributed by atoms with van der Waals surface area (Å²) in [6, 6.07) is 17.2. The van der Waals surface area contributed by atoms with Crippen LogP contribution in [0.5, 0.6) is 0 Å². The molecule has 0 saturated heterocycles. The van der Waals surface area contributed by atoms with Crippen molar-refractivity contribution >= 4 is 5.91 Å². The highest BCUT2D eigenvalue weighted by molar-refractivity contribution is 5.94. The number of nitrogens with one attached hydrogen (secondary N) is 1. The minimum atomic E-state index is -0.192. The van der Waals surface area contributed by atoms with E-state index in [1.54, 1.807) is 46.0 Å². The Morgan fingerprint density at radius 2 is 1.85 bits per heavy atom. The predicted octanol–water partition coefficient (Wildman–Crippen LogP) is 3.34. The van der Waals surface area contributed by atoms with Gasteiger partial charge in [-0.1, -0.05) is 36.4 Å². The molecule has 1 N–H and O–H groups in total. The van der Waals surface area contributed by atoms with Crippen molar-refractivity contribution in [3.8, 4) is 5.69 Å². The van der Waals surface area contributed by atoms with Gasteiger partial charge in [-0.2, -0.15) is 0 Å². The first kappa shape index (κ1) is 18.5. The lowest BCUT2D eigenvalue weighted by atomic mass is 10.1. The highest BCUT2D eigenvalue weighted by atomic mass is 16.2. The number of hydrogen-bond acceptors (Lipinski definition) is 2. The third-order valence-electron chi connectivity index (χ3n) is 4.48. The molecule has 0 spiro atoms. The molecule has 0 unspecified atom stereocenters. The van der Waals surface area contributed by atoms with Crippen LogP contribution in [0.3, 0.4) is 0 Å². The van der Waals surface area contributed by atoms with Gasteiger partial charge in [-0.25, -0.2) is 4.79 Å². The number of amides is 1. The summed E-state index contributed by atoms with van der Waals surface area (Å²) in [5, 5.41) is 0. The molecule has 0 radical (unpaired) electrons. The summed E-state index contributed by atoms with van der Waals surface area (Å²) >= 11 is 0. The molecule has 0 atom stereocenters. The molecule has 2 aromatic carbocycles. The topological polar surface area (TPSA) is 58.1 Å². The van der Waals surface area contributed by atoms with Crippen LogP contribution >= 0.6 is 0 Å². The van der Waals surface area contributed by atoms with Gasteiger partial charge in [0.25, 0.3) is 5.91 Å². The van der Waals surface area contributed by atoms with E-state index < -0.39 is 0 Å². The Hall–Kier alpha value is -3.34. The second kappa shape index (κ2) is 8.36. The number of aromatic nitrogens is 2. The third kappa shape index (κ3) is 4.26. The molecule has 5 nitrogen and oxygen atoms in total. The predicted molar refractivity (Wildman–Crippen MR) is 107 cm³/mol. The van der Waals surface area contributed by atoms with Crippen LogP contribution in [0.1, 0.15) is 21.6 Å². The largest absolute Gasteiger partial charge is 0.335 e. The molecule has 0 aliphatic heterocycles. The molecular weight excluding hydrogens is 338 g/mol. The van der Waals surface area contributed by atoms with Crippen LogP contribution in [0.4, 0.5) is 0 Å². The molecule has 5 heteroatoms. The van der Waals surface area contributed by atoms with Gasteiger partial charge in [0.1, 0.15) is 0 Å². The van der Waals surface area contributed by atoms with E-state index in [2.05, 4.69) is 23.7 Å². The summed E-state index contributed by atoms with van der Waals surface area (Å²) < 4.78 is 1.57. The van der Waals surface area contributed by atoms with E-state index in [4.69, 9.17) is 0 Å². The first-order valence-corrected chi connectivity index (χ1v) is 8.91. The quantitative estimate of drug-likeness (QED) is 0.656. The van der Waals surface area contributed by atoms with Crippen molar-refractivity contribution in [1.29, 1.82) is 0 Å². The number of hydrogen-bond donors (Lipinski definition) is 1. The maximum Gasteiger partial charge on any atom is 0.330 e. The highest BCUT2D eigenvalue weighted by Gasteiger charge is 2.15. The standard InChI is InChI=1S/C22H23N3O2/c1-3-14-24(15-13-18-7-5-4-6-8-18)21(26)19-9-11-20(12-10-19)25-17(2)16-23-22(25)27/h3-12,16H,1,13-15H2,2H3,(H,23,27). The molecule has 0 bridgehead atoms. The minimum absolute atomic E-state index is 0.0458. The molecule has 0 saturated carbocycles. The SMILES string of the molecule is C=CCN(CCc1ccccc1)C(=O)c1ccc(-n2c(C)c[nH]c2=O)cc1. The number of carbonyl (C=O) groups is 1. The Morgan fingerprint density at radius 3 is 2.44 bits per heavy atom. The van der Waals surface area contributed by atoms with Gasteiger partial charge in [0.15, 0.2) is 0 Å². The molecule has 0 fully saturated rings. The van der Waals surface area contributed by atoms with Crippen LogP contribution in [-0.4, -0.2) is 33.4 Å². The van der Waals surface area contributed by atoms with Crippen LogP contribution in [0.15, 0.2) is 78.2 Å². The van der Waals surface area contributed by atoms with E-state index in [9.17, 15) is 9.59 Å². The second-order valence-electron chi connectivity index (χ2n) is 6.39. The lowest BCUT2D eigenvalue weighted by Crippen LogP contribution is -2.33. The Balaban J connectivity index is 1.75. The molecule has 0 aliphatic rings. The molecular formula is C22H23N3O2. The molecule has 138 valence electrons. The molecule has 1 heterocycles. The summed E-state index contributed by atoms with van der Waals surface area (Å²) in [5.41, 5.74) is 3.14. The zero-order chi connectivity index (χ0) is 19.2. The number of benzene rings is 2. The van der Waals surface area contributed by atoms with Gasteiger partial charge in [-0.15, -0.1) is 6.58 Å². The summed E-state index contributed by atoms with van der Waals surface area (Å²) in [4.78, 5) is 29.2. The van der Waals surface area contributed by atoms with Crippen LogP contribution < -0.4 is 5.69 Å². The third-order valence-corrected chi connectivity index (χ3v) is 4.48. The summed E-state index contributed by atoms with van der Waals surface area (Å²) in [5.74, 6) is -0.0458. The molecule has 27 heavy (non-hydrogen) atoms. The number of imidazole rings is 1. The van der Waals surface area contributed by atoms with Gasteiger partial charge in [-0.05, 0) is 43.2 Å². The van der Waals surface area contributed by atoms with Gasteiger partial charge in [-0.3, -0.25) is 9.36 Å². The van der Waals surface area contributed by atoms with Gasteiger partial charge in [0, 0.05) is 30.5 Å². The van der Waals surface area contributed by atoms with E-state index in [1.807, 2.05) is 25.1 Å². The maximum atomic E-state index is 12.9. The average Bonchev–Trinajstić information content (AvgIpc) is 3.04. The first-order valence-electron chi connectivity index (χ1n) is 8.91. The summed E-state index contributed by atoms with van der Waals surface area (Å²) in [6.07, 6.45) is 4.19. The van der Waals surface area contributed by atoms with Crippen molar-refractivity contribution < 1.29 is 4.79 Å². The van der Waals surface area contributed by atoms with Crippen molar-refractivity contribution in [2.45, 2.75) is 13.3 Å². The fraction of sp³-hybridized carbons (Fsp3) is 0.182. The van der Waals surface area contributed by atoms with Gasteiger partial charge < -0.3 is 9.88 Å². The highest BCUT2D eigenvalue weighted by Crippen LogP contribution is 2.13.